The van der Waals surface area contributed by atoms with E-state index < -0.39 is 23.5 Å². The fourth-order valence-electron chi connectivity index (χ4n) is 2.24. The van der Waals surface area contributed by atoms with Crippen LogP contribution in [0.3, 0.4) is 0 Å². The highest BCUT2D eigenvalue weighted by Gasteiger charge is 2.38. The van der Waals surface area contributed by atoms with E-state index in [1.54, 1.807) is 24.3 Å². The summed E-state index contributed by atoms with van der Waals surface area (Å²) < 4.78 is 13.8. The monoisotopic (exact) mass is 419 g/mol. The van der Waals surface area contributed by atoms with Crippen molar-refractivity contribution in [1.82, 2.24) is 5.32 Å². The molecule has 0 spiro atoms. The number of anilines is 1. The molecule has 0 aromatic heterocycles. The molecule has 1 N–H and O–H groups in total. The van der Waals surface area contributed by atoms with Crippen molar-refractivity contribution in [2.45, 2.75) is 0 Å². The second-order valence-electron chi connectivity index (χ2n) is 5.18. The van der Waals surface area contributed by atoms with E-state index in [0.717, 1.165) is 4.47 Å². The molecule has 0 saturated carbocycles. The molecule has 126 valence electrons. The molecule has 1 heterocycles. The van der Waals surface area contributed by atoms with E-state index in [2.05, 4.69) is 26.2 Å². The zero-order valence-electron chi connectivity index (χ0n) is 12.6. The molecular formula is C17H11BrFN3O2S. The van der Waals surface area contributed by atoms with Gasteiger partial charge in [-0.15, -0.1) is 0 Å². The van der Waals surface area contributed by atoms with Crippen LogP contribution in [0.5, 0.6) is 0 Å². The van der Waals surface area contributed by atoms with Gasteiger partial charge in [-0.1, -0.05) is 15.9 Å². The minimum absolute atomic E-state index is 0.0174. The first kappa shape index (κ1) is 17.4. The highest BCUT2D eigenvalue weighted by molar-refractivity contribution is 9.10. The van der Waals surface area contributed by atoms with Crippen molar-refractivity contribution >= 4 is 62.7 Å². The Morgan fingerprint density at radius 3 is 2.40 bits per heavy atom. The van der Waals surface area contributed by atoms with Crippen LogP contribution in [0.25, 0.3) is 0 Å². The number of thiocarbonyl (C=S) groups is 1. The van der Waals surface area contributed by atoms with Gasteiger partial charge in [-0.05, 0) is 60.7 Å². The van der Waals surface area contributed by atoms with Gasteiger partial charge in [0, 0.05) is 10.7 Å². The van der Waals surface area contributed by atoms with Crippen molar-refractivity contribution in [2.24, 2.45) is 10.9 Å². The number of hydrogen-bond donors (Lipinski definition) is 1. The molecule has 3 rings (SSSR count). The zero-order valence-corrected chi connectivity index (χ0v) is 15.1. The number of carbonyl (C=O) groups excluding carboxylic acids is 2. The van der Waals surface area contributed by atoms with Gasteiger partial charge in [-0.25, -0.2) is 4.39 Å². The van der Waals surface area contributed by atoms with Crippen LogP contribution < -0.4 is 10.2 Å². The molecular weight excluding hydrogens is 409 g/mol. The Bertz CT molecular complexity index is 868. The van der Waals surface area contributed by atoms with Crippen LogP contribution in [-0.2, 0) is 9.59 Å². The predicted octanol–water partition coefficient (Wildman–Crippen LogP) is 3.35. The largest absolute Gasteiger partial charge is 0.301 e. The third kappa shape index (κ3) is 3.80. The summed E-state index contributed by atoms with van der Waals surface area (Å²) in [7, 11) is 0. The Morgan fingerprint density at radius 1 is 1.12 bits per heavy atom. The number of halogens is 2. The van der Waals surface area contributed by atoms with E-state index in [0.29, 0.717) is 11.4 Å². The number of rotatable bonds is 3. The van der Waals surface area contributed by atoms with Crippen molar-refractivity contribution in [3.63, 3.8) is 0 Å². The average molecular weight is 420 g/mol. The molecule has 25 heavy (non-hydrogen) atoms. The molecule has 1 aliphatic rings. The smallest absolute Gasteiger partial charge is 0.251 e. The standard InChI is InChI=1S/C17H11BrFN3O2S/c18-10-1-7-13(8-2-10)22-16(24)14(15(23)21-17(22)25)9-20-12-5-3-11(19)4-6-12/h1-9,14H,(H,21,23,25)/t14-/m1/s1. The number of hydrogen-bond acceptors (Lipinski definition) is 4. The SMILES string of the molecule is O=C1NC(=S)N(c2ccc(Br)cc2)C(=O)[C@@H]1C=Nc1ccc(F)cc1. The van der Waals surface area contributed by atoms with Gasteiger partial charge < -0.3 is 5.32 Å². The lowest BCUT2D eigenvalue weighted by Gasteiger charge is -2.30. The highest BCUT2D eigenvalue weighted by Crippen LogP contribution is 2.23. The van der Waals surface area contributed by atoms with E-state index in [4.69, 9.17) is 12.2 Å². The van der Waals surface area contributed by atoms with Gasteiger partial charge >= 0.3 is 0 Å². The fraction of sp³-hybridized carbons (Fsp3) is 0.0588. The third-order valence-corrected chi connectivity index (χ3v) is 4.30. The van der Waals surface area contributed by atoms with Gasteiger partial charge in [0.2, 0.25) is 5.91 Å². The number of carbonyl (C=O) groups is 2. The predicted molar refractivity (Wildman–Crippen MR) is 100 cm³/mol. The third-order valence-electron chi connectivity index (χ3n) is 3.49. The molecule has 0 unspecified atom stereocenters. The van der Waals surface area contributed by atoms with E-state index >= 15 is 0 Å². The summed E-state index contributed by atoms with van der Waals surface area (Å²) in [6.45, 7) is 0. The van der Waals surface area contributed by atoms with Crippen molar-refractivity contribution < 1.29 is 14.0 Å². The maximum absolute atomic E-state index is 12.9. The number of benzene rings is 2. The van der Waals surface area contributed by atoms with E-state index in [-0.39, 0.29) is 5.11 Å². The first-order valence-corrected chi connectivity index (χ1v) is 8.40. The molecule has 0 aliphatic carbocycles. The molecule has 1 atom stereocenters. The van der Waals surface area contributed by atoms with E-state index in [9.17, 15) is 14.0 Å². The Balaban J connectivity index is 1.87. The van der Waals surface area contributed by atoms with Gasteiger partial charge in [-0.2, -0.15) is 0 Å². The van der Waals surface area contributed by atoms with E-state index in [1.807, 2.05) is 0 Å². The van der Waals surface area contributed by atoms with Crippen molar-refractivity contribution in [1.29, 1.82) is 0 Å². The number of amides is 2. The van der Waals surface area contributed by atoms with Crippen LogP contribution in [0.15, 0.2) is 58.0 Å². The molecule has 8 heteroatoms. The topological polar surface area (TPSA) is 61.8 Å². The molecule has 1 fully saturated rings. The van der Waals surface area contributed by atoms with Gasteiger partial charge in [0.05, 0.1) is 11.4 Å². The highest BCUT2D eigenvalue weighted by atomic mass is 79.9. The second-order valence-corrected chi connectivity index (χ2v) is 6.48. The number of nitrogens with zero attached hydrogens (tertiary/aromatic N) is 2. The molecule has 2 aromatic rings. The average Bonchev–Trinajstić information content (AvgIpc) is 2.57. The lowest BCUT2D eigenvalue weighted by Crippen LogP contribution is -2.58. The maximum atomic E-state index is 12.9. The van der Waals surface area contributed by atoms with Crippen LogP contribution in [0.4, 0.5) is 15.8 Å². The zero-order chi connectivity index (χ0) is 18.0. The first-order chi connectivity index (χ1) is 12.0. The molecule has 1 saturated heterocycles. The summed E-state index contributed by atoms with van der Waals surface area (Å²) in [6, 6.07) is 12.4. The summed E-state index contributed by atoms with van der Waals surface area (Å²) in [5, 5.41) is 2.52. The minimum Gasteiger partial charge on any atom is -0.301 e. The number of nitrogens with one attached hydrogen (secondary N) is 1. The molecule has 0 bridgehead atoms. The molecule has 1 aliphatic heterocycles. The molecule has 2 aromatic carbocycles. The van der Waals surface area contributed by atoms with Crippen LogP contribution in [0.2, 0.25) is 0 Å². The number of aliphatic imine (C=N–C) groups is 1. The summed E-state index contributed by atoms with van der Waals surface area (Å²) >= 11 is 8.44. The van der Waals surface area contributed by atoms with Crippen LogP contribution >= 0.6 is 28.1 Å². The molecule has 5 nitrogen and oxygen atoms in total. The molecule has 2 amide bonds. The van der Waals surface area contributed by atoms with Crippen molar-refractivity contribution in [3.8, 4) is 0 Å². The fourth-order valence-corrected chi connectivity index (χ4v) is 2.80. The second kappa shape index (κ2) is 7.20. The Kier molecular flexibility index (Phi) is 5.00. The van der Waals surface area contributed by atoms with E-state index in [1.165, 1.54) is 35.4 Å². The Labute approximate surface area is 156 Å². The van der Waals surface area contributed by atoms with Gasteiger partial charge in [-0.3, -0.25) is 19.5 Å². The minimum atomic E-state index is -1.12. The van der Waals surface area contributed by atoms with Crippen molar-refractivity contribution in [2.75, 3.05) is 4.90 Å². The summed E-state index contributed by atoms with van der Waals surface area (Å²) in [4.78, 5) is 30.2. The molecule has 0 radical (unpaired) electrons. The Morgan fingerprint density at radius 2 is 1.76 bits per heavy atom. The summed E-state index contributed by atoms with van der Waals surface area (Å²) in [5.74, 6) is -2.56. The Hall–Kier alpha value is -2.45. The van der Waals surface area contributed by atoms with Gasteiger partial charge in [0.1, 0.15) is 5.82 Å². The summed E-state index contributed by atoms with van der Waals surface area (Å²) in [5.41, 5.74) is 0.976. The van der Waals surface area contributed by atoms with Crippen LogP contribution in [0.1, 0.15) is 0 Å². The lowest BCUT2D eigenvalue weighted by molar-refractivity contribution is -0.130. The van der Waals surface area contributed by atoms with Crippen molar-refractivity contribution in [3.05, 3.63) is 58.8 Å². The first-order valence-electron chi connectivity index (χ1n) is 7.20. The maximum Gasteiger partial charge on any atom is 0.251 e. The van der Waals surface area contributed by atoms with Crippen LogP contribution in [-0.4, -0.2) is 23.1 Å². The van der Waals surface area contributed by atoms with Gasteiger partial charge in [0.15, 0.2) is 11.0 Å². The normalized spacial score (nSPS) is 17.9. The summed E-state index contributed by atoms with van der Waals surface area (Å²) in [6.07, 6.45) is 1.23. The quantitative estimate of drug-likeness (QED) is 0.471. The lowest BCUT2D eigenvalue weighted by atomic mass is 10.1. The van der Waals surface area contributed by atoms with Crippen LogP contribution in [0, 0.1) is 11.7 Å². The van der Waals surface area contributed by atoms with Gasteiger partial charge in [0.25, 0.3) is 5.91 Å².